The molecule has 3 fully saturated rings. The number of halogens is 2. The smallest absolute Gasteiger partial charge is 0.319 e. The summed E-state index contributed by atoms with van der Waals surface area (Å²) < 4.78 is 38.7. The van der Waals surface area contributed by atoms with E-state index >= 15 is 8.78 Å². The van der Waals surface area contributed by atoms with Gasteiger partial charge in [-0.1, -0.05) is 18.6 Å². The lowest BCUT2D eigenvalue weighted by Crippen LogP contribution is -2.43. The summed E-state index contributed by atoms with van der Waals surface area (Å²) in [5, 5.41) is 15.2. The summed E-state index contributed by atoms with van der Waals surface area (Å²) in [6, 6.07) is 6.04. The van der Waals surface area contributed by atoms with Gasteiger partial charge >= 0.3 is 6.01 Å². The van der Waals surface area contributed by atoms with Gasteiger partial charge in [0, 0.05) is 36.3 Å². The lowest BCUT2D eigenvalue weighted by atomic mass is 9.89. The Bertz CT molecular complexity index is 2030. The topological polar surface area (TPSA) is 104 Å². The third kappa shape index (κ3) is 6.16. The second-order valence-corrected chi connectivity index (χ2v) is 14.3. The first-order chi connectivity index (χ1) is 24.0. The molecule has 0 saturated carbocycles. The highest BCUT2D eigenvalue weighted by Crippen LogP contribution is 2.41. The van der Waals surface area contributed by atoms with Gasteiger partial charge in [0.2, 0.25) is 5.91 Å². The van der Waals surface area contributed by atoms with E-state index in [0.717, 1.165) is 58.0 Å². The van der Waals surface area contributed by atoms with Crippen LogP contribution < -0.4 is 15.0 Å². The molecule has 0 aliphatic carbocycles. The van der Waals surface area contributed by atoms with Crippen LogP contribution >= 0.6 is 0 Å². The number of ether oxygens (including phenoxy) is 1. The Balaban J connectivity index is 1.40. The van der Waals surface area contributed by atoms with Crippen LogP contribution in [-0.4, -0.2) is 75.2 Å². The number of hydrogen-bond donors (Lipinski definition) is 2. The highest BCUT2D eigenvalue weighted by Gasteiger charge is 2.45. The second-order valence-electron chi connectivity index (χ2n) is 14.3. The van der Waals surface area contributed by atoms with Gasteiger partial charge in [0.05, 0.1) is 22.1 Å². The third-order valence-corrected chi connectivity index (χ3v) is 10.6. The van der Waals surface area contributed by atoms with Gasteiger partial charge in [-0.05, 0) is 107 Å². The molecular weight excluding hydrogens is 638 g/mol. The first kappa shape index (κ1) is 33.8. The van der Waals surface area contributed by atoms with E-state index in [1.807, 2.05) is 4.90 Å². The minimum absolute atomic E-state index is 0.00130. The number of aliphatic hydroxyl groups is 1. The molecule has 3 saturated heterocycles. The minimum Gasteiger partial charge on any atom is -0.461 e. The highest BCUT2D eigenvalue weighted by atomic mass is 19.1. The van der Waals surface area contributed by atoms with Gasteiger partial charge in [-0.15, -0.1) is 6.42 Å². The van der Waals surface area contributed by atoms with Crippen molar-refractivity contribution in [1.82, 2.24) is 25.2 Å². The van der Waals surface area contributed by atoms with Crippen molar-refractivity contribution in [2.24, 2.45) is 0 Å². The zero-order valence-corrected chi connectivity index (χ0v) is 28.6. The SMILES string of the molecule is C#Cc1c(F)ccc2cc(C(C)(C)O)cc(-c3ncc4c(N5CCCCC(NC(=O)C=C)C5)nc(OCC56CCCN5CCC6)nc4c3F)c12. The molecule has 4 aromatic rings. The third-order valence-electron chi connectivity index (χ3n) is 10.6. The maximum absolute atomic E-state index is 17.2. The fraction of sp³-hybridized carbons (Fsp3) is 0.436. The van der Waals surface area contributed by atoms with Crippen LogP contribution in [0.4, 0.5) is 14.6 Å². The zero-order valence-electron chi connectivity index (χ0n) is 28.6. The number of benzene rings is 2. The van der Waals surface area contributed by atoms with Gasteiger partial charge in [-0.3, -0.25) is 14.7 Å². The van der Waals surface area contributed by atoms with Gasteiger partial charge in [0.15, 0.2) is 5.82 Å². The van der Waals surface area contributed by atoms with E-state index in [-0.39, 0.29) is 45.8 Å². The van der Waals surface area contributed by atoms with Crippen LogP contribution in [0.25, 0.3) is 32.9 Å². The first-order valence-corrected chi connectivity index (χ1v) is 17.4. The van der Waals surface area contributed by atoms with Crippen molar-refractivity contribution in [2.75, 3.05) is 37.7 Å². The van der Waals surface area contributed by atoms with Crippen LogP contribution in [-0.2, 0) is 10.4 Å². The molecule has 11 heteroatoms. The average molecular weight is 681 g/mol. The van der Waals surface area contributed by atoms with Crippen molar-refractivity contribution in [3.8, 4) is 29.6 Å². The van der Waals surface area contributed by atoms with Crippen molar-refractivity contribution in [3.63, 3.8) is 0 Å². The molecule has 5 heterocycles. The number of amides is 1. The van der Waals surface area contributed by atoms with Crippen molar-refractivity contribution in [1.29, 1.82) is 0 Å². The highest BCUT2D eigenvalue weighted by molar-refractivity contribution is 6.02. The van der Waals surface area contributed by atoms with Gasteiger partial charge in [0.1, 0.15) is 29.5 Å². The zero-order chi connectivity index (χ0) is 35.2. The predicted molar refractivity (Wildman–Crippen MR) is 190 cm³/mol. The van der Waals surface area contributed by atoms with Crippen LogP contribution in [0.1, 0.15) is 69.9 Å². The molecule has 1 atom stereocenters. The Morgan fingerprint density at radius 2 is 1.96 bits per heavy atom. The van der Waals surface area contributed by atoms with Crippen LogP contribution in [0.2, 0.25) is 0 Å². The van der Waals surface area contributed by atoms with E-state index < -0.39 is 17.2 Å². The van der Waals surface area contributed by atoms with E-state index in [9.17, 15) is 9.90 Å². The van der Waals surface area contributed by atoms with Crippen LogP contribution in [0.3, 0.4) is 0 Å². The molecule has 0 spiro atoms. The second kappa shape index (κ2) is 13.2. The summed E-state index contributed by atoms with van der Waals surface area (Å²) in [5.74, 6) is 1.27. The summed E-state index contributed by atoms with van der Waals surface area (Å²) in [6.07, 6.45) is 15.3. The number of carbonyl (C=O) groups is 1. The van der Waals surface area contributed by atoms with Crippen molar-refractivity contribution in [2.45, 2.75) is 76.0 Å². The Labute approximate surface area is 290 Å². The van der Waals surface area contributed by atoms with E-state index in [1.165, 1.54) is 18.3 Å². The van der Waals surface area contributed by atoms with Gasteiger partial charge in [-0.25, -0.2) is 8.78 Å². The Morgan fingerprint density at radius 3 is 2.68 bits per heavy atom. The van der Waals surface area contributed by atoms with E-state index in [1.54, 1.807) is 32.0 Å². The normalized spacial score (nSPS) is 19.3. The molecular formula is C39H42F2N6O3. The molecule has 0 radical (unpaired) electrons. The number of carbonyl (C=O) groups excluding carboxylic acids is 1. The molecule has 0 bridgehead atoms. The maximum atomic E-state index is 17.2. The molecule has 2 aromatic carbocycles. The monoisotopic (exact) mass is 680 g/mol. The van der Waals surface area contributed by atoms with Gasteiger partial charge in [-0.2, -0.15) is 9.97 Å². The van der Waals surface area contributed by atoms with E-state index in [0.29, 0.717) is 47.2 Å². The number of aromatic nitrogens is 3. The molecule has 3 aliphatic heterocycles. The summed E-state index contributed by atoms with van der Waals surface area (Å²) >= 11 is 0. The number of nitrogens with one attached hydrogen (secondary N) is 1. The van der Waals surface area contributed by atoms with Crippen LogP contribution in [0, 0.1) is 24.0 Å². The quantitative estimate of drug-likeness (QED) is 0.173. The van der Waals surface area contributed by atoms with Crippen LogP contribution in [0.15, 0.2) is 43.1 Å². The Morgan fingerprint density at radius 1 is 1.18 bits per heavy atom. The number of terminal acetylenes is 1. The fourth-order valence-electron chi connectivity index (χ4n) is 8.01. The lowest BCUT2D eigenvalue weighted by Gasteiger charge is -2.31. The molecule has 1 amide bonds. The van der Waals surface area contributed by atoms with E-state index in [4.69, 9.17) is 16.1 Å². The minimum atomic E-state index is -1.30. The van der Waals surface area contributed by atoms with Crippen LogP contribution in [0.5, 0.6) is 6.01 Å². The van der Waals surface area contributed by atoms with Gasteiger partial charge < -0.3 is 20.1 Å². The number of pyridine rings is 1. The largest absolute Gasteiger partial charge is 0.461 e. The molecule has 7 rings (SSSR count). The number of hydrogen-bond acceptors (Lipinski definition) is 8. The summed E-state index contributed by atoms with van der Waals surface area (Å²) in [7, 11) is 0. The Hall–Kier alpha value is -4.66. The van der Waals surface area contributed by atoms with Gasteiger partial charge in [0.25, 0.3) is 0 Å². The first-order valence-electron chi connectivity index (χ1n) is 17.4. The molecule has 9 nitrogen and oxygen atoms in total. The Kier molecular flexibility index (Phi) is 8.95. The number of fused-ring (bicyclic) bond motifs is 3. The number of rotatable bonds is 8. The van der Waals surface area contributed by atoms with Crippen molar-refractivity contribution >= 4 is 33.4 Å². The number of anilines is 1. The molecule has 2 aromatic heterocycles. The number of nitrogens with zero attached hydrogens (tertiary/aromatic N) is 5. The molecule has 1 unspecified atom stereocenters. The van der Waals surface area contributed by atoms with Crippen molar-refractivity contribution < 1.29 is 23.4 Å². The molecule has 50 heavy (non-hydrogen) atoms. The maximum Gasteiger partial charge on any atom is 0.319 e. The lowest BCUT2D eigenvalue weighted by molar-refractivity contribution is -0.117. The molecule has 3 aliphatic rings. The molecule has 2 N–H and O–H groups in total. The standard InChI is InChI=1S/C39H42F2N6O3/c1-5-27-30(40)13-12-24-19-25(38(3,4)49)20-28(32(24)27)34-33(41)35-29(21-42-34)36(46-16-8-7-11-26(22-46)43-31(48)6-2)45-37(44-35)50-23-39-14-9-17-47(39)18-10-15-39/h1,6,12-13,19-21,26,49H,2,7-11,14-18,22-23H2,3-4H3,(H,43,48). The molecule has 260 valence electrons. The van der Waals surface area contributed by atoms with E-state index in [2.05, 4.69) is 32.7 Å². The predicted octanol–water partition coefficient (Wildman–Crippen LogP) is 6.00. The average Bonchev–Trinajstić information content (AvgIpc) is 3.60. The summed E-state index contributed by atoms with van der Waals surface area (Å²) in [6.45, 7) is 10.3. The fourth-order valence-corrected chi connectivity index (χ4v) is 8.01. The summed E-state index contributed by atoms with van der Waals surface area (Å²) in [5.41, 5.74) is -0.777. The van der Waals surface area contributed by atoms with Crippen molar-refractivity contribution in [3.05, 3.63) is 65.9 Å². The summed E-state index contributed by atoms with van der Waals surface area (Å²) in [4.78, 5) is 30.9.